The van der Waals surface area contributed by atoms with Crippen molar-refractivity contribution in [2.24, 2.45) is 5.73 Å². The lowest BCUT2D eigenvalue weighted by molar-refractivity contribution is -0.141. The van der Waals surface area contributed by atoms with Gasteiger partial charge in [-0.1, -0.05) is 0 Å². The van der Waals surface area contributed by atoms with Crippen molar-refractivity contribution in [3.63, 3.8) is 0 Å². The molecule has 2 rings (SSSR count). The highest BCUT2D eigenvalue weighted by Crippen LogP contribution is 2.31. The molecule has 1 aliphatic heterocycles. The zero-order valence-electron chi connectivity index (χ0n) is 10.6. The van der Waals surface area contributed by atoms with Crippen LogP contribution < -0.4 is 10.6 Å². The summed E-state index contributed by atoms with van der Waals surface area (Å²) in [6, 6.07) is 1.95. The number of anilines is 1. The van der Waals surface area contributed by atoms with E-state index >= 15 is 0 Å². The smallest absolute Gasteiger partial charge is 0.391 e. The highest BCUT2D eigenvalue weighted by molar-refractivity contribution is 5.99. The van der Waals surface area contributed by atoms with Crippen molar-refractivity contribution in [2.75, 3.05) is 18.0 Å². The van der Waals surface area contributed by atoms with Crippen LogP contribution in [0, 0.1) is 5.41 Å². The van der Waals surface area contributed by atoms with Gasteiger partial charge < -0.3 is 15.7 Å². The Bertz CT molecular complexity index is 518. The largest absolute Gasteiger partial charge is 0.433 e. The molecular formula is C12H15F3N4O. The van der Waals surface area contributed by atoms with Crippen LogP contribution in [0.2, 0.25) is 0 Å². The van der Waals surface area contributed by atoms with Crippen LogP contribution in [0.1, 0.15) is 24.1 Å². The monoisotopic (exact) mass is 288 g/mol. The van der Waals surface area contributed by atoms with E-state index in [0.717, 1.165) is 12.1 Å². The van der Waals surface area contributed by atoms with E-state index in [1.807, 2.05) is 0 Å². The summed E-state index contributed by atoms with van der Waals surface area (Å²) in [5.41, 5.74) is 4.50. The van der Waals surface area contributed by atoms with Gasteiger partial charge in [0, 0.05) is 13.1 Å². The van der Waals surface area contributed by atoms with E-state index < -0.39 is 18.0 Å². The van der Waals surface area contributed by atoms with Crippen molar-refractivity contribution < 1.29 is 18.3 Å². The molecule has 5 nitrogen and oxygen atoms in total. The molecule has 1 aromatic rings. The second-order valence-corrected chi connectivity index (χ2v) is 4.72. The molecule has 0 spiro atoms. The molecule has 2 heterocycles. The van der Waals surface area contributed by atoms with Crippen LogP contribution in [0.5, 0.6) is 0 Å². The van der Waals surface area contributed by atoms with Crippen molar-refractivity contribution in [2.45, 2.75) is 25.1 Å². The van der Waals surface area contributed by atoms with Gasteiger partial charge in [0.15, 0.2) is 0 Å². The number of hydrogen-bond donors (Lipinski definition) is 3. The zero-order chi connectivity index (χ0) is 14.9. The maximum Gasteiger partial charge on any atom is 0.433 e. The number of rotatable bonds is 2. The summed E-state index contributed by atoms with van der Waals surface area (Å²) < 4.78 is 38.2. The quantitative estimate of drug-likeness (QED) is 0.566. The molecule has 4 N–H and O–H groups in total. The Kier molecular flexibility index (Phi) is 3.85. The van der Waals surface area contributed by atoms with E-state index in [0.29, 0.717) is 19.4 Å². The predicted molar refractivity (Wildman–Crippen MR) is 67.7 cm³/mol. The fourth-order valence-corrected chi connectivity index (χ4v) is 2.20. The third-order valence-electron chi connectivity index (χ3n) is 3.15. The Balaban J connectivity index is 2.44. The molecule has 110 valence electrons. The van der Waals surface area contributed by atoms with Crippen molar-refractivity contribution in [3.8, 4) is 0 Å². The molecule has 1 atom stereocenters. The summed E-state index contributed by atoms with van der Waals surface area (Å²) in [6.45, 7) is 0.667. The van der Waals surface area contributed by atoms with Gasteiger partial charge in [-0.15, -0.1) is 0 Å². The van der Waals surface area contributed by atoms with Crippen LogP contribution in [0.25, 0.3) is 0 Å². The minimum Gasteiger partial charge on any atom is -0.391 e. The van der Waals surface area contributed by atoms with Crippen molar-refractivity contribution in [1.29, 1.82) is 5.41 Å². The van der Waals surface area contributed by atoms with Crippen LogP contribution >= 0.6 is 0 Å². The van der Waals surface area contributed by atoms with Crippen LogP contribution in [-0.4, -0.2) is 35.1 Å². The van der Waals surface area contributed by atoms with E-state index in [1.165, 1.54) is 0 Å². The molecule has 1 saturated heterocycles. The SMILES string of the molecule is N=C(N)c1ccc(C(F)(F)F)nc1N1CCCC(O)C1. The first kappa shape index (κ1) is 14.6. The predicted octanol–water partition coefficient (Wildman–Crippen LogP) is 1.35. The van der Waals surface area contributed by atoms with Crippen LogP contribution in [0.15, 0.2) is 12.1 Å². The third kappa shape index (κ3) is 3.01. The highest BCUT2D eigenvalue weighted by Gasteiger charge is 2.34. The van der Waals surface area contributed by atoms with E-state index in [4.69, 9.17) is 11.1 Å². The lowest BCUT2D eigenvalue weighted by Gasteiger charge is -2.32. The van der Waals surface area contributed by atoms with Crippen molar-refractivity contribution >= 4 is 11.7 Å². The maximum atomic E-state index is 12.7. The average Bonchev–Trinajstić information content (AvgIpc) is 2.37. The fraction of sp³-hybridized carbons (Fsp3) is 0.500. The molecule has 1 unspecified atom stereocenters. The van der Waals surface area contributed by atoms with Gasteiger partial charge in [-0.2, -0.15) is 13.2 Å². The molecule has 0 bridgehead atoms. The Morgan fingerprint density at radius 2 is 2.15 bits per heavy atom. The fourth-order valence-electron chi connectivity index (χ4n) is 2.20. The summed E-state index contributed by atoms with van der Waals surface area (Å²) in [4.78, 5) is 5.13. The molecular weight excluding hydrogens is 273 g/mol. The number of amidine groups is 1. The minimum atomic E-state index is -4.56. The first-order valence-corrected chi connectivity index (χ1v) is 6.14. The number of nitrogens with two attached hydrogens (primary N) is 1. The summed E-state index contributed by atoms with van der Waals surface area (Å²) in [7, 11) is 0. The van der Waals surface area contributed by atoms with E-state index in [1.54, 1.807) is 4.90 Å². The Labute approximate surface area is 113 Å². The summed E-state index contributed by atoms with van der Waals surface area (Å²) in [5.74, 6) is -0.340. The lowest BCUT2D eigenvalue weighted by atomic mass is 10.1. The van der Waals surface area contributed by atoms with Gasteiger partial charge in [0.25, 0.3) is 0 Å². The number of aliphatic hydroxyl groups is 1. The van der Waals surface area contributed by atoms with E-state index in [9.17, 15) is 18.3 Å². The minimum absolute atomic E-state index is 0.00563. The summed E-state index contributed by atoms with van der Waals surface area (Å²) in [5, 5.41) is 17.1. The highest BCUT2D eigenvalue weighted by atomic mass is 19.4. The number of nitrogen functional groups attached to an aromatic ring is 1. The first-order chi connectivity index (χ1) is 9.29. The van der Waals surface area contributed by atoms with Crippen LogP contribution in [0.3, 0.4) is 0 Å². The first-order valence-electron chi connectivity index (χ1n) is 6.14. The van der Waals surface area contributed by atoms with Gasteiger partial charge in [-0.3, -0.25) is 5.41 Å². The number of aliphatic hydroxyl groups excluding tert-OH is 1. The number of hydrogen-bond acceptors (Lipinski definition) is 4. The molecule has 0 aliphatic carbocycles. The summed E-state index contributed by atoms with van der Waals surface area (Å²) >= 11 is 0. The number of nitrogens with zero attached hydrogens (tertiary/aromatic N) is 2. The number of nitrogens with one attached hydrogen (secondary N) is 1. The number of alkyl halides is 3. The number of pyridine rings is 1. The summed E-state index contributed by atoms with van der Waals surface area (Å²) in [6.07, 6.45) is -3.92. The molecule has 0 radical (unpaired) electrons. The number of aromatic nitrogens is 1. The number of piperidine rings is 1. The van der Waals surface area contributed by atoms with E-state index in [-0.39, 0.29) is 23.8 Å². The normalized spacial score (nSPS) is 20.0. The Hall–Kier alpha value is -1.83. The zero-order valence-corrected chi connectivity index (χ0v) is 10.6. The standard InChI is InChI=1S/C12H15F3N4O/c13-12(14,15)9-4-3-8(10(16)17)11(18-9)19-5-1-2-7(20)6-19/h3-4,7,20H,1-2,5-6H2,(H3,16,17). The second kappa shape index (κ2) is 5.28. The van der Waals surface area contributed by atoms with Gasteiger partial charge in [-0.25, -0.2) is 4.98 Å². The molecule has 1 fully saturated rings. The van der Waals surface area contributed by atoms with Gasteiger partial charge in [0.05, 0.1) is 11.7 Å². The molecule has 0 aromatic carbocycles. The van der Waals surface area contributed by atoms with Gasteiger partial charge >= 0.3 is 6.18 Å². The van der Waals surface area contributed by atoms with Gasteiger partial charge in [-0.05, 0) is 25.0 Å². The maximum absolute atomic E-state index is 12.7. The van der Waals surface area contributed by atoms with Crippen molar-refractivity contribution in [1.82, 2.24) is 4.98 Å². The molecule has 8 heteroatoms. The van der Waals surface area contributed by atoms with Crippen LogP contribution in [0.4, 0.5) is 19.0 Å². The Morgan fingerprint density at radius 1 is 1.45 bits per heavy atom. The number of halogens is 3. The third-order valence-corrected chi connectivity index (χ3v) is 3.15. The lowest BCUT2D eigenvalue weighted by Crippen LogP contribution is -2.40. The van der Waals surface area contributed by atoms with Gasteiger partial charge in [0.1, 0.15) is 17.3 Å². The molecule has 1 aromatic heterocycles. The molecule has 0 amide bonds. The van der Waals surface area contributed by atoms with Crippen molar-refractivity contribution in [3.05, 3.63) is 23.4 Å². The Morgan fingerprint density at radius 3 is 2.70 bits per heavy atom. The number of β-amino-alcohol motifs (C(OH)–C–C–N with tert-alkyl or cyclic N) is 1. The van der Waals surface area contributed by atoms with Gasteiger partial charge in [0.2, 0.25) is 0 Å². The average molecular weight is 288 g/mol. The van der Waals surface area contributed by atoms with Crippen LogP contribution in [-0.2, 0) is 6.18 Å². The van der Waals surface area contributed by atoms with E-state index in [2.05, 4.69) is 4.98 Å². The second-order valence-electron chi connectivity index (χ2n) is 4.72. The molecule has 20 heavy (non-hydrogen) atoms. The molecule has 1 aliphatic rings. The topological polar surface area (TPSA) is 86.2 Å². The molecule has 0 saturated carbocycles.